The molecular weight excluding hydrogens is 402 g/mol. The molecule has 1 fully saturated rings. The van der Waals surface area contributed by atoms with E-state index in [1.807, 2.05) is 39.0 Å². The van der Waals surface area contributed by atoms with Gasteiger partial charge in [0.2, 0.25) is 0 Å². The average molecular weight is 434 g/mol. The van der Waals surface area contributed by atoms with E-state index in [-0.39, 0.29) is 23.2 Å². The zero-order chi connectivity index (χ0) is 23.2. The predicted molar refractivity (Wildman–Crippen MR) is 124 cm³/mol. The summed E-state index contributed by atoms with van der Waals surface area (Å²) in [6, 6.07) is 17.1. The number of ether oxygens (including phenoxy) is 2. The number of terminal acetylenes is 1. The fourth-order valence-electron chi connectivity index (χ4n) is 4.30. The second-order valence-corrected chi connectivity index (χ2v) is 9.35. The van der Waals surface area contributed by atoms with E-state index in [0.29, 0.717) is 17.9 Å². The molecule has 1 aliphatic rings. The van der Waals surface area contributed by atoms with Crippen molar-refractivity contribution in [2.75, 3.05) is 6.54 Å². The number of para-hydroxylation sites is 1. The summed E-state index contributed by atoms with van der Waals surface area (Å²) in [5.74, 6) is -0.134. The van der Waals surface area contributed by atoms with Crippen LogP contribution in [0, 0.1) is 18.4 Å². The molecule has 1 N–H and O–H groups in total. The normalized spacial score (nSPS) is 20.6. The van der Waals surface area contributed by atoms with E-state index in [2.05, 4.69) is 23.6 Å². The molecule has 0 aliphatic heterocycles. The number of hydrogen-bond acceptors (Lipinski definition) is 4. The Labute approximate surface area is 190 Å². The van der Waals surface area contributed by atoms with E-state index in [1.165, 1.54) is 0 Å². The van der Waals surface area contributed by atoms with Gasteiger partial charge in [0, 0.05) is 12.0 Å². The molecule has 168 valence electrons. The van der Waals surface area contributed by atoms with Gasteiger partial charge in [-0.1, -0.05) is 48.9 Å². The van der Waals surface area contributed by atoms with Crippen LogP contribution in [0.1, 0.15) is 62.4 Å². The van der Waals surface area contributed by atoms with Gasteiger partial charge in [-0.2, -0.15) is 0 Å². The van der Waals surface area contributed by atoms with Gasteiger partial charge in [-0.15, -0.1) is 0 Å². The molecule has 1 aliphatic carbocycles. The number of carbonyl (C=O) groups excluding carboxylic acids is 2. The summed E-state index contributed by atoms with van der Waals surface area (Å²) in [5, 5.41) is 3.09. The van der Waals surface area contributed by atoms with Crippen molar-refractivity contribution in [2.24, 2.45) is 5.92 Å². The molecule has 0 aromatic heterocycles. The van der Waals surface area contributed by atoms with Crippen molar-refractivity contribution in [3.8, 4) is 18.3 Å². The maximum absolute atomic E-state index is 13.0. The SMILES string of the molecule is C#COc1ccccc1C(=O)NCC1(c2ccccc2)CCC(C(=O)OC(C)(C)C)CC1. The molecule has 3 rings (SSSR count). The van der Waals surface area contributed by atoms with Crippen molar-refractivity contribution in [3.05, 3.63) is 65.7 Å². The smallest absolute Gasteiger partial charge is 0.309 e. The number of benzene rings is 2. The fourth-order valence-corrected chi connectivity index (χ4v) is 4.30. The predicted octanol–water partition coefficient (Wildman–Crippen LogP) is 4.86. The minimum absolute atomic E-state index is 0.119. The maximum atomic E-state index is 13.0. The van der Waals surface area contributed by atoms with E-state index in [9.17, 15) is 9.59 Å². The van der Waals surface area contributed by atoms with Gasteiger partial charge in [0.1, 0.15) is 11.7 Å². The molecule has 0 spiro atoms. The van der Waals surface area contributed by atoms with Crippen LogP contribution in [0.4, 0.5) is 0 Å². The summed E-state index contributed by atoms with van der Waals surface area (Å²) >= 11 is 0. The third-order valence-corrected chi connectivity index (χ3v) is 5.96. The van der Waals surface area contributed by atoms with Crippen LogP contribution >= 0.6 is 0 Å². The molecule has 1 saturated carbocycles. The van der Waals surface area contributed by atoms with Gasteiger partial charge in [-0.05, 0) is 64.2 Å². The number of hydrogen-bond donors (Lipinski definition) is 1. The fraction of sp³-hybridized carbons (Fsp3) is 0.407. The molecule has 5 nitrogen and oxygen atoms in total. The van der Waals surface area contributed by atoms with Crippen LogP contribution in [0.3, 0.4) is 0 Å². The minimum Gasteiger partial charge on any atom is -0.460 e. The van der Waals surface area contributed by atoms with Crippen molar-refractivity contribution in [3.63, 3.8) is 0 Å². The highest BCUT2D eigenvalue weighted by molar-refractivity contribution is 5.97. The van der Waals surface area contributed by atoms with Crippen molar-refractivity contribution in [1.29, 1.82) is 0 Å². The summed E-state index contributed by atoms with van der Waals surface area (Å²) in [6.45, 7) is 6.12. The van der Waals surface area contributed by atoms with Crippen LogP contribution in [-0.2, 0) is 14.9 Å². The number of esters is 1. The van der Waals surface area contributed by atoms with Crippen LogP contribution in [-0.4, -0.2) is 24.0 Å². The maximum Gasteiger partial charge on any atom is 0.309 e. The largest absolute Gasteiger partial charge is 0.460 e. The second kappa shape index (κ2) is 9.91. The van der Waals surface area contributed by atoms with E-state index in [1.54, 1.807) is 24.3 Å². The number of amides is 1. The second-order valence-electron chi connectivity index (χ2n) is 9.35. The average Bonchev–Trinajstić information content (AvgIpc) is 2.78. The minimum atomic E-state index is -0.493. The molecule has 1 amide bonds. The van der Waals surface area contributed by atoms with E-state index < -0.39 is 5.60 Å². The molecule has 0 radical (unpaired) electrons. The highest BCUT2D eigenvalue weighted by Gasteiger charge is 2.40. The lowest BCUT2D eigenvalue weighted by molar-refractivity contribution is -0.161. The quantitative estimate of drug-likeness (QED) is 0.522. The van der Waals surface area contributed by atoms with Crippen LogP contribution in [0.25, 0.3) is 0 Å². The zero-order valence-corrected chi connectivity index (χ0v) is 19.0. The lowest BCUT2D eigenvalue weighted by Gasteiger charge is -2.40. The molecule has 0 saturated heterocycles. The summed E-state index contributed by atoms with van der Waals surface area (Å²) in [4.78, 5) is 25.5. The molecule has 0 atom stereocenters. The Morgan fingerprint density at radius 1 is 1.06 bits per heavy atom. The highest BCUT2D eigenvalue weighted by Crippen LogP contribution is 2.42. The number of rotatable bonds is 6. The van der Waals surface area contributed by atoms with Crippen LogP contribution in [0.2, 0.25) is 0 Å². The van der Waals surface area contributed by atoms with Crippen LogP contribution in [0.5, 0.6) is 5.75 Å². The van der Waals surface area contributed by atoms with Gasteiger partial charge in [0.15, 0.2) is 5.75 Å². The van der Waals surface area contributed by atoms with Crippen molar-refractivity contribution in [2.45, 2.75) is 57.5 Å². The molecule has 5 heteroatoms. The Morgan fingerprint density at radius 3 is 2.31 bits per heavy atom. The monoisotopic (exact) mass is 433 g/mol. The Hall–Kier alpha value is -3.26. The molecule has 2 aromatic carbocycles. The summed E-state index contributed by atoms with van der Waals surface area (Å²) < 4.78 is 10.8. The topological polar surface area (TPSA) is 64.6 Å². The van der Waals surface area contributed by atoms with Gasteiger partial charge < -0.3 is 14.8 Å². The van der Waals surface area contributed by atoms with Crippen molar-refractivity contribution >= 4 is 11.9 Å². The van der Waals surface area contributed by atoms with Gasteiger partial charge in [-0.3, -0.25) is 9.59 Å². The first-order valence-electron chi connectivity index (χ1n) is 11.0. The molecule has 32 heavy (non-hydrogen) atoms. The third-order valence-electron chi connectivity index (χ3n) is 5.96. The summed E-state index contributed by atoms with van der Waals surface area (Å²) in [6.07, 6.45) is 10.4. The Balaban J connectivity index is 1.75. The van der Waals surface area contributed by atoms with Crippen LogP contribution < -0.4 is 10.1 Å². The molecule has 0 bridgehead atoms. The first-order valence-corrected chi connectivity index (χ1v) is 11.0. The first kappa shape index (κ1) is 23.4. The Bertz CT molecular complexity index is 977. The lowest BCUT2D eigenvalue weighted by Crippen LogP contribution is -2.44. The van der Waals surface area contributed by atoms with E-state index in [4.69, 9.17) is 15.9 Å². The van der Waals surface area contributed by atoms with Gasteiger partial charge in [-0.25, -0.2) is 0 Å². The zero-order valence-electron chi connectivity index (χ0n) is 19.0. The van der Waals surface area contributed by atoms with Crippen LogP contribution in [0.15, 0.2) is 54.6 Å². The Morgan fingerprint density at radius 2 is 1.69 bits per heavy atom. The number of carbonyl (C=O) groups is 2. The number of nitrogens with one attached hydrogen (secondary N) is 1. The van der Waals surface area contributed by atoms with E-state index >= 15 is 0 Å². The summed E-state index contributed by atoms with van der Waals surface area (Å²) in [5.41, 5.74) is 0.816. The molecule has 2 aromatic rings. The van der Waals surface area contributed by atoms with Crippen molar-refractivity contribution in [1.82, 2.24) is 5.32 Å². The van der Waals surface area contributed by atoms with Gasteiger partial charge >= 0.3 is 5.97 Å². The van der Waals surface area contributed by atoms with Gasteiger partial charge in [0.25, 0.3) is 5.91 Å². The standard InChI is InChI=1S/C27H31NO4/c1-5-31-23-14-10-9-13-22(23)24(29)28-19-27(21-11-7-6-8-12-21)17-15-20(16-18-27)25(30)32-26(2,3)4/h1,6-14,20H,15-19H2,2-4H3,(H,28,29). The van der Waals surface area contributed by atoms with Gasteiger partial charge in [0.05, 0.1) is 11.5 Å². The molecular formula is C27H31NO4. The van der Waals surface area contributed by atoms with Crippen molar-refractivity contribution < 1.29 is 19.1 Å². The molecule has 0 unspecified atom stereocenters. The summed E-state index contributed by atoms with van der Waals surface area (Å²) in [7, 11) is 0. The third kappa shape index (κ3) is 5.70. The molecule has 0 heterocycles. The highest BCUT2D eigenvalue weighted by atomic mass is 16.6. The van der Waals surface area contributed by atoms with E-state index in [0.717, 1.165) is 31.2 Å². The first-order chi connectivity index (χ1) is 15.2. The Kier molecular flexibility index (Phi) is 7.25. The lowest BCUT2D eigenvalue weighted by atomic mass is 9.66.